The number of nitro groups is 1. The molecule has 2 amide bonds. The Hall–Kier alpha value is -3.55. The predicted octanol–water partition coefficient (Wildman–Crippen LogP) is 2.47. The van der Waals surface area contributed by atoms with Crippen molar-refractivity contribution in [1.82, 2.24) is 0 Å². The van der Waals surface area contributed by atoms with Crippen molar-refractivity contribution < 1.29 is 24.0 Å². The molecule has 25 heavy (non-hydrogen) atoms. The Morgan fingerprint density at radius 1 is 1.04 bits per heavy atom. The van der Waals surface area contributed by atoms with E-state index in [2.05, 4.69) is 0 Å². The number of non-ortho nitro benzene ring substituents is 1. The van der Waals surface area contributed by atoms with Crippen LogP contribution < -0.4 is 9.64 Å². The number of imide groups is 1. The van der Waals surface area contributed by atoms with Crippen LogP contribution in [0.5, 0.6) is 5.75 Å². The molecule has 0 N–H and O–H groups in total. The van der Waals surface area contributed by atoms with E-state index < -0.39 is 10.9 Å². The van der Waals surface area contributed by atoms with Crippen LogP contribution in [0.4, 0.5) is 11.4 Å². The minimum atomic E-state index is -0.703. The first-order valence-electron chi connectivity index (χ1n) is 7.38. The van der Waals surface area contributed by atoms with Gasteiger partial charge in [0.2, 0.25) is 11.8 Å². The number of nitrogens with zero attached hydrogens (tertiary/aromatic N) is 2. The van der Waals surface area contributed by atoms with Gasteiger partial charge in [-0.15, -0.1) is 0 Å². The van der Waals surface area contributed by atoms with E-state index in [0.29, 0.717) is 5.69 Å². The van der Waals surface area contributed by atoms with Crippen LogP contribution in [0.15, 0.2) is 48.5 Å². The van der Waals surface area contributed by atoms with Crippen molar-refractivity contribution in [3.05, 3.63) is 64.2 Å². The molecule has 0 atom stereocenters. The van der Waals surface area contributed by atoms with Gasteiger partial charge in [-0.25, -0.2) is 4.79 Å². The maximum absolute atomic E-state index is 12.1. The lowest BCUT2D eigenvalue weighted by atomic mass is 10.2. The van der Waals surface area contributed by atoms with Crippen LogP contribution in [-0.4, -0.2) is 22.7 Å². The number of benzene rings is 2. The van der Waals surface area contributed by atoms with E-state index in [-0.39, 0.29) is 41.7 Å². The van der Waals surface area contributed by atoms with Gasteiger partial charge in [0.1, 0.15) is 5.75 Å². The molecule has 1 aliphatic rings. The van der Waals surface area contributed by atoms with E-state index in [9.17, 15) is 24.5 Å². The molecule has 1 aliphatic heterocycles. The van der Waals surface area contributed by atoms with Gasteiger partial charge in [0.25, 0.3) is 5.69 Å². The smallest absolute Gasteiger partial charge is 0.343 e. The van der Waals surface area contributed by atoms with Gasteiger partial charge in [-0.2, -0.15) is 0 Å². The van der Waals surface area contributed by atoms with Crippen molar-refractivity contribution in [3.8, 4) is 5.75 Å². The fourth-order valence-electron chi connectivity index (χ4n) is 2.44. The highest BCUT2D eigenvalue weighted by atomic mass is 16.6. The molecular formula is C17H12N2O6. The minimum absolute atomic E-state index is 0.135. The fourth-order valence-corrected chi connectivity index (χ4v) is 2.44. The average Bonchev–Trinajstić information content (AvgIpc) is 2.93. The standard InChI is InChI=1S/C17H12N2O6/c20-15-8-9-16(21)18(15)13-2-1-3-14(10-13)25-17(22)11-4-6-12(7-5-11)19(23)24/h1-7,10H,8-9H2. The highest BCUT2D eigenvalue weighted by Gasteiger charge is 2.30. The molecule has 8 nitrogen and oxygen atoms in total. The topological polar surface area (TPSA) is 107 Å². The number of carbonyl (C=O) groups excluding carboxylic acids is 3. The summed E-state index contributed by atoms with van der Waals surface area (Å²) >= 11 is 0. The molecular weight excluding hydrogens is 328 g/mol. The number of ether oxygens (including phenoxy) is 1. The van der Waals surface area contributed by atoms with E-state index in [1.807, 2.05) is 0 Å². The summed E-state index contributed by atoms with van der Waals surface area (Å²) < 4.78 is 5.21. The summed E-state index contributed by atoms with van der Waals surface area (Å²) in [5.41, 5.74) is 0.343. The van der Waals surface area contributed by atoms with E-state index in [1.165, 1.54) is 36.4 Å². The van der Waals surface area contributed by atoms with Crippen LogP contribution in [-0.2, 0) is 9.59 Å². The van der Waals surface area contributed by atoms with Gasteiger partial charge in [-0.3, -0.25) is 24.6 Å². The number of hydrogen-bond acceptors (Lipinski definition) is 6. The lowest BCUT2D eigenvalue weighted by molar-refractivity contribution is -0.384. The van der Waals surface area contributed by atoms with Gasteiger partial charge in [-0.1, -0.05) is 6.07 Å². The second-order valence-corrected chi connectivity index (χ2v) is 5.31. The van der Waals surface area contributed by atoms with Crippen molar-refractivity contribution >= 4 is 29.2 Å². The third-order valence-corrected chi connectivity index (χ3v) is 3.65. The average molecular weight is 340 g/mol. The fraction of sp³-hybridized carbons (Fsp3) is 0.118. The first-order chi connectivity index (χ1) is 12.0. The second-order valence-electron chi connectivity index (χ2n) is 5.31. The zero-order valence-corrected chi connectivity index (χ0v) is 12.9. The van der Waals surface area contributed by atoms with Crippen LogP contribution in [0.3, 0.4) is 0 Å². The summed E-state index contributed by atoms with van der Waals surface area (Å²) in [6, 6.07) is 11.1. The lowest BCUT2D eigenvalue weighted by Crippen LogP contribution is -2.28. The summed E-state index contributed by atoms with van der Waals surface area (Å²) in [6.45, 7) is 0. The monoisotopic (exact) mass is 340 g/mol. The maximum atomic E-state index is 12.1. The van der Waals surface area contributed by atoms with E-state index in [4.69, 9.17) is 4.74 Å². The van der Waals surface area contributed by atoms with Crippen LogP contribution >= 0.6 is 0 Å². The van der Waals surface area contributed by atoms with Gasteiger partial charge in [-0.05, 0) is 24.3 Å². The number of amides is 2. The van der Waals surface area contributed by atoms with Gasteiger partial charge >= 0.3 is 5.97 Å². The molecule has 0 saturated carbocycles. The molecule has 1 fully saturated rings. The summed E-state index contributed by atoms with van der Waals surface area (Å²) in [7, 11) is 0. The largest absolute Gasteiger partial charge is 0.423 e. The molecule has 1 saturated heterocycles. The third kappa shape index (κ3) is 3.37. The summed E-state index contributed by atoms with van der Waals surface area (Å²) in [6.07, 6.45) is 0.317. The first kappa shape index (κ1) is 16.3. The molecule has 1 heterocycles. The number of rotatable bonds is 4. The molecule has 0 spiro atoms. The van der Waals surface area contributed by atoms with Crippen LogP contribution in [0, 0.1) is 10.1 Å². The molecule has 0 aromatic heterocycles. The number of esters is 1. The van der Waals surface area contributed by atoms with Gasteiger partial charge in [0.05, 0.1) is 16.2 Å². The quantitative estimate of drug-likeness (QED) is 0.278. The van der Waals surface area contributed by atoms with Gasteiger partial charge < -0.3 is 4.74 Å². The Morgan fingerprint density at radius 2 is 1.68 bits per heavy atom. The molecule has 0 aliphatic carbocycles. The highest BCUT2D eigenvalue weighted by molar-refractivity contribution is 6.19. The van der Waals surface area contributed by atoms with E-state index in [1.54, 1.807) is 12.1 Å². The molecule has 3 rings (SSSR count). The summed E-state index contributed by atoms with van der Waals surface area (Å²) in [4.78, 5) is 46.8. The van der Waals surface area contributed by atoms with E-state index in [0.717, 1.165) is 4.90 Å². The maximum Gasteiger partial charge on any atom is 0.343 e. The number of hydrogen-bond donors (Lipinski definition) is 0. The normalized spacial score (nSPS) is 13.8. The number of carbonyl (C=O) groups is 3. The van der Waals surface area contributed by atoms with Crippen molar-refractivity contribution in [3.63, 3.8) is 0 Å². The first-order valence-corrected chi connectivity index (χ1v) is 7.38. The van der Waals surface area contributed by atoms with Crippen LogP contribution in [0.2, 0.25) is 0 Å². The van der Waals surface area contributed by atoms with E-state index >= 15 is 0 Å². The van der Waals surface area contributed by atoms with Crippen LogP contribution in [0.25, 0.3) is 0 Å². The Labute approximate surface area is 141 Å². The predicted molar refractivity (Wildman–Crippen MR) is 86.2 cm³/mol. The minimum Gasteiger partial charge on any atom is -0.423 e. The molecule has 0 unspecified atom stereocenters. The molecule has 2 aromatic carbocycles. The van der Waals surface area contributed by atoms with Crippen molar-refractivity contribution in [1.29, 1.82) is 0 Å². The Bertz CT molecular complexity index is 859. The second kappa shape index (κ2) is 6.52. The Balaban J connectivity index is 1.77. The molecule has 0 bridgehead atoms. The van der Waals surface area contributed by atoms with Crippen molar-refractivity contribution in [2.24, 2.45) is 0 Å². The lowest BCUT2D eigenvalue weighted by Gasteiger charge is -2.14. The third-order valence-electron chi connectivity index (χ3n) is 3.65. The number of anilines is 1. The zero-order chi connectivity index (χ0) is 18.0. The SMILES string of the molecule is O=C(Oc1cccc(N2C(=O)CCC2=O)c1)c1ccc([N+](=O)[O-])cc1. The Morgan fingerprint density at radius 3 is 2.28 bits per heavy atom. The summed E-state index contributed by atoms with van der Waals surface area (Å²) in [5.74, 6) is -1.15. The van der Waals surface area contributed by atoms with Crippen molar-refractivity contribution in [2.75, 3.05) is 4.90 Å². The van der Waals surface area contributed by atoms with Crippen LogP contribution in [0.1, 0.15) is 23.2 Å². The Kier molecular flexibility index (Phi) is 4.25. The molecule has 0 radical (unpaired) electrons. The molecule has 126 valence electrons. The zero-order valence-electron chi connectivity index (χ0n) is 12.9. The number of nitro benzene ring substituents is 1. The highest BCUT2D eigenvalue weighted by Crippen LogP contribution is 2.26. The van der Waals surface area contributed by atoms with Gasteiger partial charge in [0, 0.05) is 31.0 Å². The van der Waals surface area contributed by atoms with Gasteiger partial charge in [0.15, 0.2) is 0 Å². The summed E-state index contributed by atoms with van der Waals surface area (Å²) in [5, 5.41) is 10.6. The van der Waals surface area contributed by atoms with Crippen molar-refractivity contribution in [2.45, 2.75) is 12.8 Å². The molecule has 8 heteroatoms. The molecule has 2 aromatic rings.